The highest BCUT2D eigenvalue weighted by Gasteiger charge is 2.11. The molecule has 0 saturated carbocycles. The molecule has 1 heterocycles. The summed E-state index contributed by atoms with van der Waals surface area (Å²) < 4.78 is 15.3. The van der Waals surface area contributed by atoms with Gasteiger partial charge in [-0.25, -0.2) is 9.37 Å². The summed E-state index contributed by atoms with van der Waals surface area (Å²) in [5.74, 6) is 1.79. The highest BCUT2D eigenvalue weighted by molar-refractivity contribution is 7.99. The van der Waals surface area contributed by atoms with Gasteiger partial charge < -0.3 is 9.88 Å². The lowest BCUT2D eigenvalue weighted by atomic mass is 10.2. The van der Waals surface area contributed by atoms with Crippen molar-refractivity contribution in [1.29, 1.82) is 0 Å². The highest BCUT2D eigenvalue weighted by Crippen LogP contribution is 2.20. The first-order chi connectivity index (χ1) is 9.72. The zero-order valence-electron chi connectivity index (χ0n) is 11.8. The van der Waals surface area contributed by atoms with Gasteiger partial charge in [0.15, 0.2) is 0 Å². The van der Waals surface area contributed by atoms with Crippen molar-refractivity contribution in [3.63, 3.8) is 0 Å². The van der Waals surface area contributed by atoms with E-state index in [4.69, 9.17) is 0 Å². The maximum absolute atomic E-state index is 13.1. The summed E-state index contributed by atoms with van der Waals surface area (Å²) in [5, 5.41) is 3.31. The molecule has 1 aromatic heterocycles. The van der Waals surface area contributed by atoms with E-state index >= 15 is 0 Å². The predicted octanol–water partition coefficient (Wildman–Crippen LogP) is 2.96. The maximum Gasteiger partial charge on any atom is 0.124 e. The van der Waals surface area contributed by atoms with E-state index in [2.05, 4.69) is 21.8 Å². The highest BCUT2D eigenvalue weighted by atomic mass is 32.2. The number of nitrogens with one attached hydrogen (secondary N) is 1. The fourth-order valence-electron chi connectivity index (χ4n) is 2.04. The van der Waals surface area contributed by atoms with E-state index in [1.165, 1.54) is 6.07 Å². The van der Waals surface area contributed by atoms with Crippen molar-refractivity contribution < 1.29 is 4.39 Å². The second kappa shape index (κ2) is 7.45. The Morgan fingerprint density at radius 2 is 2.30 bits per heavy atom. The van der Waals surface area contributed by atoms with E-state index in [1.807, 2.05) is 25.5 Å². The average Bonchev–Trinajstić information content (AvgIpc) is 2.90. The van der Waals surface area contributed by atoms with E-state index in [0.29, 0.717) is 6.04 Å². The van der Waals surface area contributed by atoms with Crippen molar-refractivity contribution >= 4 is 11.8 Å². The molecule has 2 aromatic rings. The minimum absolute atomic E-state index is 0.183. The molecular weight excluding hydrogens is 273 g/mol. The van der Waals surface area contributed by atoms with Crippen molar-refractivity contribution in [2.75, 3.05) is 12.8 Å². The van der Waals surface area contributed by atoms with Crippen LogP contribution < -0.4 is 5.32 Å². The molecule has 5 heteroatoms. The third-order valence-corrected chi connectivity index (χ3v) is 4.38. The summed E-state index contributed by atoms with van der Waals surface area (Å²) in [6.07, 6.45) is 4.71. The molecule has 1 N–H and O–H groups in total. The van der Waals surface area contributed by atoms with Crippen molar-refractivity contribution in [3.8, 4) is 0 Å². The number of likely N-dealkylation sites (N-methyl/N-ethyl adjacent to an activating group) is 1. The van der Waals surface area contributed by atoms with Gasteiger partial charge in [0.05, 0.1) is 0 Å². The molecule has 20 heavy (non-hydrogen) atoms. The number of hydrogen-bond acceptors (Lipinski definition) is 3. The van der Waals surface area contributed by atoms with Crippen LogP contribution in [-0.4, -0.2) is 28.4 Å². The number of aryl methyl sites for hydroxylation is 1. The second-order valence-electron chi connectivity index (χ2n) is 4.59. The molecule has 0 amide bonds. The molecule has 0 aliphatic heterocycles. The second-order valence-corrected chi connectivity index (χ2v) is 5.68. The number of hydrogen-bond donors (Lipinski definition) is 1. The van der Waals surface area contributed by atoms with Crippen molar-refractivity contribution in [1.82, 2.24) is 14.9 Å². The van der Waals surface area contributed by atoms with Crippen LogP contribution in [0.4, 0.5) is 4.39 Å². The minimum atomic E-state index is -0.183. The van der Waals surface area contributed by atoms with Crippen molar-refractivity contribution in [2.24, 2.45) is 0 Å². The zero-order chi connectivity index (χ0) is 14.4. The Morgan fingerprint density at radius 3 is 3.00 bits per heavy atom. The first kappa shape index (κ1) is 15.1. The maximum atomic E-state index is 13.1. The SMILES string of the molecule is CCn1ccnc1CC(CSc1cccc(F)c1)NC. The smallest absolute Gasteiger partial charge is 0.124 e. The van der Waals surface area contributed by atoms with Crippen LogP contribution in [0.5, 0.6) is 0 Å². The Balaban J connectivity index is 1.92. The lowest BCUT2D eigenvalue weighted by molar-refractivity contribution is 0.573. The topological polar surface area (TPSA) is 29.9 Å². The molecular formula is C15H20FN3S. The number of benzene rings is 1. The lowest BCUT2D eigenvalue weighted by Gasteiger charge is -2.16. The Bertz CT molecular complexity index is 541. The molecule has 0 fully saturated rings. The molecule has 1 unspecified atom stereocenters. The quantitative estimate of drug-likeness (QED) is 0.796. The molecule has 0 aliphatic carbocycles. The molecule has 0 bridgehead atoms. The third-order valence-electron chi connectivity index (χ3n) is 3.23. The van der Waals surface area contributed by atoms with Gasteiger partial charge in [-0.15, -0.1) is 11.8 Å². The number of rotatable bonds is 7. The molecule has 1 aromatic carbocycles. The van der Waals surface area contributed by atoms with Gasteiger partial charge in [0, 0.05) is 42.0 Å². The van der Waals surface area contributed by atoms with E-state index in [0.717, 1.165) is 29.4 Å². The van der Waals surface area contributed by atoms with Crippen LogP contribution in [0, 0.1) is 5.82 Å². The van der Waals surface area contributed by atoms with E-state index < -0.39 is 0 Å². The summed E-state index contributed by atoms with van der Waals surface area (Å²) in [5.41, 5.74) is 0. The van der Waals surface area contributed by atoms with Gasteiger partial charge in [-0.3, -0.25) is 0 Å². The number of nitrogens with zero attached hydrogens (tertiary/aromatic N) is 2. The Labute approximate surface area is 123 Å². The van der Waals surface area contributed by atoms with Crippen LogP contribution in [0.1, 0.15) is 12.7 Å². The molecule has 0 aliphatic rings. The largest absolute Gasteiger partial charge is 0.335 e. The van der Waals surface area contributed by atoms with Gasteiger partial charge in [-0.1, -0.05) is 6.07 Å². The Hall–Kier alpha value is -1.33. The summed E-state index contributed by atoms with van der Waals surface area (Å²) in [7, 11) is 1.95. The normalized spacial score (nSPS) is 12.6. The zero-order valence-corrected chi connectivity index (χ0v) is 12.7. The summed E-state index contributed by atoms with van der Waals surface area (Å²) in [6.45, 7) is 3.05. The predicted molar refractivity (Wildman–Crippen MR) is 81.6 cm³/mol. The molecule has 3 nitrogen and oxygen atoms in total. The van der Waals surface area contributed by atoms with Gasteiger partial charge in [-0.05, 0) is 32.2 Å². The first-order valence-electron chi connectivity index (χ1n) is 6.78. The molecule has 0 saturated heterocycles. The first-order valence-corrected chi connectivity index (χ1v) is 7.77. The van der Waals surface area contributed by atoms with Crippen LogP contribution in [0.3, 0.4) is 0 Å². The summed E-state index contributed by atoms with van der Waals surface area (Å²) in [4.78, 5) is 5.36. The van der Waals surface area contributed by atoms with Crippen molar-refractivity contribution in [2.45, 2.75) is 30.8 Å². The summed E-state index contributed by atoms with van der Waals surface area (Å²) >= 11 is 1.66. The minimum Gasteiger partial charge on any atom is -0.335 e. The molecule has 0 spiro atoms. The van der Waals surface area contributed by atoms with Gasteiger partial charge in [0.25, 0.3) is 0 Å². The van der Waals surface area contributed by atoms with E-state index in [9.17, 15) is 4.39 Å². The molecule has 1 atom stereocenters. The lowest BCUT2D eigenvalue weighted by Crippen LogP contribution is -2.31. The monoisotopic (exact) mass is 293 g/mol. The fourth-order valence-corrected chi connectivity index (χ4v) is 3.09. The number of imidazole rings is 1. The fraction of sp³-hybridized carbons (Fsp3) is 0.400. The van der Waals surface area contributed by atoms with E-state index in [1.54, 1.807) is 23.9 Å². The molecule has 2 rings (SSSR count). The Kier molecular flexibility index (Phi) is 5.61. The van der Waals surface area contributed by atoms with Gasteiger partial charge >= 0.3 is 0 Å². The Morgan fingerprint density at radius 1 is 1.45 bits per heavy atom. The van der Waals surface area contributed by atoms with E-state index in [-0.39, 0.29) is 5.82 Å². The average molecular weight is 293 g/mol. The number of halogens is 1. The number of thioether (sulfide) groups is 1. The van der Waals surface area contributed by atoms with Crippen LogP contribution in [0.2, 0.25) is 0 Å². The molecule has 108 valence electrons. The van der Waals surface area contributed by atoms with Crippen LogP contribution in [0.15, 0.2) is 41.6 Å². The van der Waals surface area contributed by atoms with Gasteiger partial charge in [0.1, 0.15) is 11.6 Å². The van der Waals surface area contributed by atoms with Gasteiger partial charge in [-0.2, -0.15) is 0 Å². The van der Waals surface area contributed by atoms with Crippen molar-refractivity contribution in [3.05, 3.63) is 48.3 Å². The third kappa shape index (κ3) is 4.08. The molecule has 0 radical (unpaired) electrons. The van der Waals surface area contributed by atoms with Gasteiger partial charge in [0.2, 0.25) is 0 Å². The van der Waals surface area contributed by atoms with Crippen LogP contribution in [0.25, 0.3) is 0 Å². The summed E-state index contributed by atoms with van der Waals surface area (Å²) in [6, 6.07) is 7.04. The number of aromatic nitrogens is 2. The van der Waals surface area contributed by atoms with Crippen LogP contribution in [-0.2, 0) is 13.0 Å². The standard InChI is InChI=1S/C15H20FN3S/c1-3-19-8-7-18-15(19)10-13(17-2)11-20-14-6-4-5-12(16)9-14/h4-9,13,17H,3,10-11H2,1-2H3. The van der Waals surface area contributed by atoms with Crippen LogP contribution >= 0.6 is 11.8 Å².